The summed E-state index contributed by atoms with van der Waals surface area (Å²) in [4.78, 5) is 27.9. The van der Waals surface area contributed by atoms with Crippen LogP contribution in [0.25, 0.3) is 11.3 Å². The van der Waals surface area contributed by atoms with Crippen LogP contribution in [0.1, 0.15) is 41.8 Å². The Morgan fingerprint density at radius 2 is 2.05 bits per heavy atom. The van der Waals surface area contributed by atoms with Gasteiger partial charge in [0.25, 0.3) is 0 Å². The highest BCUT2D eigenvalue weighted by Crippen LogP contribution is 2.37. The smallest absolute Gasteiger partial charge is 0.416 e. The molecule has 0 saturated carbocycles. The first-order valence-corrected chi connectivity index (χ1v) is 11.7. The van der Waals surface area contributed by atoms with Crippen molar-refractivity contribution in [2.75, 3.05) is 6.61 Å². The lowest BCUT2D eigenvalue weighted by Crippen LogP contribution is -2.41. The van der Waals surface area contributed by atoms with Crippen LogP contribution in [0.3, 0.4) is 0 Å². The molecule has 3 aromatic rings. The number of halogens is 3. The predicted octanol–water partition coefficient (Wildman–Crippen LogP) is 4.06. The zero-order chi connectivity index (χ0) is 26.4. The molecule has 0 amide bonds. The normalized spacial score (nSPS) is 18.1. The molecule has 0 radical (unpaired) electrons. The Hall–Kier alpha value is -3.70. The number of rotatable bonds is 9. The highest BCUT2D eigenvalue weighted by Gasteiger charge is 2.33. The van der Waals surface area contributed by atoms with Gasteiger partial charge in [-0.05, 0) is 48.6 Å². The van der Waals surface area contributed by atoms with Crippen molar-refractivity contribution >= 4 is 12.3 Å². The van der Waals surface area contributed by atoms with E-state index in [0.29, 0.717) is 30.4 Å². The second-order valence-corrected chi connectivity index (χ2v) is 8.80. The van der Waals surface area contributed by atoms with E-state index in [9.17, 15) is 22.8 Å². The summed E-state index contributed by atoms with van der Waals surface area (Å²) in [6, 6.07) is 10.0. The Morgan fingerprint density at radius 3 is 2.78 bits per heavy atom. The summed E-state index contributed by atoms with van der Waals surface area (Å²) < 4.78 is 50.8. The van der Waals surface area contributed by atoms with Crippen molar-refractivity contribution in [1.82, 2.24) is 20.5 Å². The van der Waals surface area contributed by atoms with Crippen molar-refractivity contribution < 1.29 is 32.2 Å². The van der Waals surface area contributed by atoms with E-state index in [2.05, 4.69) is 20.5 Å². The standard InChI is InChI=1S/C26H25F3N4O4/c1-16-10-22-20(13-21(32-33-22)18-5-2-6-19(12-18)26(27,28)29)23(11-16)37-25(35)24(36-9-8-34)31-15-17-4-3-7-30-14-17/h2-8,12-14,16,23-24,31H,9-11,15H2,1H3. The molecule has 1 aliphatic carbocycles. The number of hydrogen-bond acceptors (Lipinski definition) is 8. The fraction of sp³-hybridized carbons (Fsp3) is 0.346. The number of nitrogens with zero attached hydrogens (tertiary/aromatic N) is 3. The summed E-state index contributed by atoms with van der Waals surface area (Å²) in [5.41, 5.74) is 1.68. The monoisotopic (exact) mass is 514 g/mol. The molecule has 1 N–H and O–H groups in total. The lowest BCUT2D eigenvalue weighted by atomic mass is 9.85. The Kier molecular flexibility index (Phi) is 8.24. The Bertz CT molecular complexity index is 1240. The number of aromatic nitrogens is 3. The Labute approximate surface area is 211 Å². The van der Waals surface area contributed by atoms with Gasteiger partial charge in [-0.3, -0.25) is 10.3 Å². The van der Waals surface area contributed by atoms with Crippen molar-refractivity contribution in [3.8, 4) is 11.3 Å². The van der Waals surface area contributed by atoms with Crippen LogP contribution in [0.15, 0.2) is 54.9 Å². The highest BCUT2D eigenvalue weighted by molar-refractivity contribution is 5.75. The topological polar surface area (TPSA) is 103 Å². The molecular weight excluding hydrogens is 489 g/mol. The molecule has 2 heterocycles. The van der Waals surface area contributed by atoms with E-state index in [1.54, 1.807) is 24.5 Å². The highest BCUT2D eigenvalue weighted by atomic mass is 19.4. The molecule has 1 aromatic carbocycles. The fourth-order valence-electron chi connectivity index (χ4n) is 4.14. The van der Waals surface area contributed by atoms with Crippen LogP contribution in [0, 0.1) is 5.92 Å². The molecule has 0 aliphatic heterocycles. The summed E-state index contributed by atoms with van der Waals surface area (Å²) in [6.45, 7) is 1.91. The third-order valence-corrected chi connectivity index (χ3v) is 5.91. The van der Waals surface area contributed by atoms with Gasteiger partial charge in [0.2, 0.25) is 6.23 Å². The number of hydrogen-bond donors (Lipinski definition) is 1. The average molecular weight is 515 g/mol. The van der Waals surface area contributed by atoms with Crippen molar-refractivity contribution in [3.05, 3.63) is 77.2 Å². The van der Waals surface area contributed by atoms with Gasteiger partial charge in [-0.1, -0.05) is 25.1 Å². The minimum atomic E-state index is -4.50. The van der Waals surface area contributed by atoms with Crippen molar-refractivity contribution in [1.29, 1.82) is 0 Å². The number of fused-ring (bicyclic) bond motifs is 1. The minimum Gasteiger partial charge on any atom is -0.454 e. The number of benzene rings is 1. The molecule has 0 spiro atoms. The van der Waals surface area contributed by atoms with Crippen molar-refractivity contribution in [2.24, 2.45) is 5.92 Å². The van der Waals surface area contributed by atoms with Crippen LogP contribution < -0.4 is 5.32 Å². The molecular formula is C26H25F3N4O4. The van der Waals surface area contributed by atoms with Crippen LogP contribution >= 0.6 is 0 Å². The largest absolute Gasteiger partial charge is 0.454 e. The molecule has 3 atom stereocenters. The molecule has 0 fully saturated rings. The van der Waals surface area contributed by atoms with Crippen molar-refractivity contribution in [2.45, 2.75) is 44.8 Å². The molecule has 8 nitrogen and oxygen atoms in total. The van der Waals surface area contributed by atoms with E-state index in [4.69, 9.17) is 9.47 Å². The second kappa shape index (κ2) is 11.6. The first-order valence-electron chi connectivity index (χ1n) is 11.7. The van der Waals surface area contributed by atoms with E-state index < -0.39 is 30.0 Å². The maximum Gasteiger partial charge on any atom is 0.416 e. The lowest BCUT2D eigenvalue weighted by Gasteiger charge is -2.30. The Morgan fingerprint density at radius 1 is 1.22 bits per heavy atom. The molecule has 2 aromatic heterocycles. The number of pyridine rings is 1. The van der Waals surface area contributed by atoms with Gasteiger partial charge in [0.05, 0.1) is 17.0 Å². The summed E-state index contributed by atoms with van der Waals surface area (Å²) >= 11 is 0. The van der Waals surface area contributed by atoms with Crippen LogP contribution in [0.2, 0.25) is 0 Å². The second-order valence-electron chi connectivity index (χ2n) is 8.80. The number of carbonyl (C=O) groups excluding carboxylic acids is 2. The molecule has 1 aliphatic rings. The molecule has 0 saturated heterocycles. The number of nitrogens with one attached hydrogen (secondary N) is 1. The first kappa shape index (κ1) is 26.4. The molecule has 3 unspecified atom stereocenters. The third-order valence-electron chi connectivity index (χ3n) is 5.91. The van der Waals surface area contributed by atoms with Gasteiger partial charge in [-0.2, -0.15) is 23.4 Å². The van der Waals surface area contributed by atoms with Crippen LogP contribution in [0.4, 0.5) is 13.2 Å². The van der Waals surface area contributed by atoms with Crippen LogP contribution in [0.5, 0.6) is 0 Å². The zero-order valence-corrected chi connectivity index (χ0v) is 19.9. The predicted molar refractivity (Wildman–Crippen MR) is 126 cm³/mol. The number of alkyl halides is 3. The summed E-state index contributed by atoms with van der Waals surface area (Å²) in [7, 11) is 0. The van der Waals surface area contributed by atoms with Gasteiger partial charge in [-0.15, -0.1) is 0 Å². The average Bonchev–Trinajstić information content (AvgIpc) is 2.88. The molecule has 194 valence electrons. The number of aldehydes is 1. The van der Waals surface area contributed by atoms with E-state index >= 15 is 0 Å². The molecule has 4 rings (SSSR count). The van der Waals surface area contributed by atoms with Gasteiger partial charge in [0.15, 0.2) is 0 Å². The quantitative estimate of drug-likeness (QED) is 0.259. The first-order chi connectivity index (χ1) is 17.7. The van der Waals surface area contributed by atoms with Gasteiger partial charge in [0, 0.05) is 30.1 Å². The molecule has 11 heteroatoms. The van der Waals surface area contributed by atoms with Crippen molar-refractivity contribution in [3.63, 3.8) is 0 Å². The summed E-state index contributed by atoms with van der Waals surface area (Å²) in [6.07, 6.45) is -1.58. The number of esters is 1. The maximum absolute atomic E-state index is 13.2. The van der Waals surface area contributed by atoms with Crippen LogP contribution in [-0.2, 0) is 38.2 Å². The third kappa shape index (κ3) is 6.75. The number of carbonyl (C=O) groups is 2. The summed E-state index contributed by atoms with van der Waals surface area (Å²) in [5.74, 6) is -0.607. The van der Waals surface area contributed by atoms with E-state index in [1.807, 2.05) is 13.0 Å². The van der Waals surface area contributed by atoms with Gasteiger partial charge in [-0.25, -0.2) is 4.79 Å². The fourth-order valence-corrected chi connectivity index (χ4v) is 4.14. The van der Waals surface area contributed by atoms with E-state index in [1.165, 1.54) is 12.1 Å². The molecule has 0 bridgehead atoms. The zero-order valence-electron chi connectivity index (χ0n) is 19.9. The number of ether oxygens (including phenoxy) is 2. The Balaban J connectivity index is 1.56. The summed E-state index contributed by atoms with van der Waals surface area (Å²) in [5, 5.41) is 11.3. The SMILES string of the molecule is CC1Cc2nnc(-c3cccc(C(F)(F)F)c3)cc2C(OC(=O)C(NCc2cccnc2)OCC=O)C1. The van der Waals surface area contributed by atoms with Gasteiger partial charge >= 0.3 is 12.1 Å². The maximum atomic E-state index is 13.2. The lowest BCUT2D eigenvalue weighted by molar-refractivity contribution is -0.167. The van der Waals surface area contributed by atoms with E-state index in [-0.39, 0.29) is 30.3 Å². The minimum absolute atomic E-state index is 0.122. The van der Waals surface area contributed by atoms with Gasteiger partial charge < -0.3 is 14.3 Å². The molecule has 37 heavy (non-hydrogen) atoms. The van der Waals surface area contributed by atoms with Crippen LogP contribution in [-0.4, -0.2) is 40.3 Å². The van der Waals surface area contributed by atoms with E-state index in [0.717, 1.165) is 17.7 Å². The van der Waals surface area contributed by atoms with Gasteiger partial charge in [0.1, 0.15) is 19.0 Å².